The first-order chi connectivity index (χ1) is 11.6. The fourth-order valence-corrected chi connectivity index (χ4v) is 3.36. The summed E-state index contributed by atoms with van der Waals surface area (Å²) in [6.45, 7) is 6.79. The number of aryl methyl sites for hydroxylation is 1. The van der Waals surface area contributed by atoms with E-state index in [4.69, 9.17) is 4.52 Å². The Morgan fingerprint density at radius 1 is 1.46 bits per heavy atom. The Morgan fingerprint density at radius 3 is 3.00 bits per heavy atom. The Kier molecular flexibility index (Phi) is 3.88. The van der Waals surface area contributed by atoms with Crippen LogP contribution in [0.3, 0.4) is 0 Å². The quantitative estimate of drug-likeness (QED) is 0.874. The van der Waals surface area contributed by atoms with E-state index < -0.39 is 0 Å². The highest BCUT2D eigenvalue weighted by atomic mass is 16.5. The first-order valence-electron chi connectivity index (χ1n) is 8.59. The molecule has 0 spiro atoms. The maximum absolute atomic E-state index is 12.4. The number of aromatic amines is 1. The second kappa shape index (κ2) is 6.05. The molecule has 1 saturated carbocycles. The molecule has 4 rings (SSSR count). The lowest BCUT2D eigenvalue weighted by Crippen LogP contribution is -2.40. The Balaban J connectivity index is 1.35. The van der Waals surface area contributed by atoms with Crippen LogP contribution >= 0.6 is 0 Å². The minimum atomic E-state index is -0.137. The lowest BCUT2D eigenvalue weighted by molar-refractivity contribution is 0.0922. The summed E-state index contributed by atoms with van der Waals surface area (Å²) in [7, 11) is 0. The van der Waals surface area contributed by atoms with Crippen LogP contribution in [0.4, 0.5) is 0 Å². The molecule has 128 valence electrons. The van der Waals surface area contributed by atoms with Crippen LogP contribution in [0.2, 0.25) is 0 Å². The third-order valence-corrected chi connectivity index (χ3v) is 5.06. The van der Waals surface area contributed by atoms with Crippen LogP contribution < -0.4 is 5.32 Å². The molecule has 0 bridgehead atoms. The topological polar surface area (TPSA) is 87.0 Å². The van der Waals surface area contributed by atoms with Crippen molar-refractivity contribution in [2.24, 2.45) is 5.92 Å². The van der Waals surface area contributed by atoms with Gasteiger partial charge < -0.3 is 14.8 Å². The molecule has 2 atom stereocenters. The predicted molar refractivity (Wildman–Crippen MR) is 87.5 cm³/mol. The summed E-state index contributed by atoms with van der Waals surface area (Å²) in [5, 5.41) is 7.03. The van der Waals surface area contributed by atoms with Crippen molar-refractivity contribution in [3.8, 4) is 0 Å². The number of carbonyl (C=O) groups is 1. The van der Waals surface area contributed by atoms with Crippen LogP contribution in [0.1, 0.15) is 53.3 Å². The summed E-state index contributed by atoms with van der Waals surface area (Å²) in [5.41, 5.74) is 2.57. The standard InChI is InChI=1S/C17H23N5O2/c1-10-6-22(8-15-11(2)18-9-19-15)7-14(10)20-17(23)13-5-16(24-21-13)12-3-4-12/h5,9-10,12,14H,3-4,6-8H2,1-2H3,(H,18,19)(H,20,23)/t10-,14+/m1/s1. The molecule has 2 aliphatic rings. The van der Waals surface area contributed by atoms with Crippen molar-refractivity contribution >= 4 is 5.91 Å². The number of hydrogen-bond acceptors (Lipinski definition) is 5. The summed E-state index contributed by atoms with van der Waals surface area (Å²) < 4.78 is 5.27. The second-order valence-corrected chi connectivity index (χ2v) is 7.11. The molecular weight excluding hydrogens is 306 g/mol. The molecular formula is C17H23N5O2. The van der Waals surface area contributed by atoms with Gasteiger partial charge in [0.05, 0.1) is 17.7 Å². The number of aromatic nitrogens is 3. The van der Waals surface area contributed by atoms with Gasteiger partial charge in [-0.1, -0.05) is 12.1 Å². The van der Waals surface area contributed by atoms with Crippen molar-refractivity contribution in [3.05, 3.63) is 35.2 Å². The number of nitrogens with zero attached hydrogens (tertiary/aromatic N) is 3. The van der Waals surface area contributed by atoms with Crippen molar-refractivity contribution in [1.82, 2.24) is 25.3 Å². The zero-order chi connectivity index (χ0) is 16.7. The van der Waals surface area contributed by atoms with Gasteiger partial charge in [-0.05, 0) is 25.7 Å². The number of rotatable bonds is 5. The van der Waals surface area contributed by atoms with Gasteiger partial charge >= 0.3 is 0 Å². The van der Waals surface area contributed by atoms with Gasteiger partial charge in [-0.2, -0.15) is 0 Å². The van der Waals surface area contributed by atoms with Crippen molar-refractivity contribution in [1.29, 1.82) is 0 Å². The van der Waals surface area contributed by atoms with Gasteiger partial charge in [0.1, 0.15) is 5.76 Å². The number of carbonyl (C=O) groups excluding carboxylic acids is 1. The van der Waals surface area contributed by atoms with Gasteiger partial charge in [-0.25, -0.2) is 4.98 Å². The van der Waals surface area contributed by atoms with E-state index in [9.17, 15) is 4.79 Å². The molecule has 1 saturated heterocycles. The van der Waals surface area contributed by atoms with E-state index in [-0.39, 0.29) is 11.9 Å². The SMILES string of the molecule is Cc1nc[nH]c1CN1C[C@@H](C)[C@@H](NC(=O)c2cc(C3CC3)on2)C1. The van der Waals surface area contributed by atoms with E-state index >= 15 is 0 Å². The Labute approximate surface area is 140 Å². The zero-order valence-electron chi connectivity index (χ0n) is 14.1. The third-order valence-electron chi connectivity index (χ3n) is 5.06. The van der Waals surface area contributed by atoms with Crippen molar-refractivity contribution in [2.75, 3.05) is 13.1 Å². The van der Waals surface area contributed by atoms with Crippen molar-refractivity contribution in [2.45, 2.75) is 45.2 Å². The molecule has 0 radical (unpaired) electrons. The number of amides is 1. The smallest absolute Gasteiger partial charge is 0.273 e. The van der Waals surface area contributed by atoms with Crippen molar-refractivity contribution < 1.29 is 9.32 Å². The summed E-state index contributed by atoms with van der Waals surface area (Å²) in [5.74, 6) is 1.57. The molecule has 1 aliphatic carbocycles. The van der Waals surface area contributed by atoms with E-state index in [1.807, 2.05) is 6.92 Å². The van der Waals surface area contributed by atoms with Gasteiger partial charge in [-0.15, -0.1) is 0 Å². The first kappa shape index (κ1) is 15.4. The molecule has 2 fully saturated rings. The van der Waals surface area contributed by atoms with Crippen molar-refractivity contribution in [3.63, 3.8) is 0 Å². The number of likely N-dealkylation sites (tertiary alicyclic amines) is 1. The van der Waals surface area contributed by atoms with Crippen LogP contribution in [-0.4, -0.2) is 45.1 Å². The zero-order valence-corrected chi connectivity index (χ0v) is 14.1. The Hall–Kier alpha value is -2.15. The van der Waals surface area contributed by atoms with Gasteiger partial charge in [0, 0.05) is 37.7 Å². The van der Waals surface area contributed by atoms with E-state index in [1.165, 1.54) is 0 Å². The van der Waals surface area contributed by atoms with E-state index in [0.717, 1.165) is 49.6 Å². The van der Waals surface area contributed by atoms with Crippen LogP contribution in [-0.2, 0) is 6.54 Å². The fraction of sp³-hybridized carbons (Fsp3) is 0.588. The first-order valence-corrected chi connectivity index (χ1v) is 8.59. The van der Waals surface area contributed by atoms with Gasteiger partial charge in [0.2, 0.25) is 0 Å². The number of hydrogen-bond donors (Lipinski definition) is 2. The van der Waals surface area contributed by atoms with Crippen LogP contribution in [0.15, 0.2) is 16.9 Å². The van der Waals surface area contributed by atoms with Crippen LogP contribution in [0, 0.1) is 12.8 Å². The average molecular weight is 329 g/mol. The molecule has 24 heavy (non-hydrogen) atoms. The monoisotopic (exact) mass is 329 g/mol. The summed E-state index contributed by atoms with van der Waals surface area (Å²) in [6.07, 6.45) is 4.00. The molecule has 2 aromatic rings. The summed E-state index contributed by atoms with van der Waals surface area (Å²) >= 11 is 0. The lowest BCUT2D eigenvalue weighted by atomic mass is 10.1. The van der Waals surface area contributed by atoms with Crippen LogP contribution in [0.5, 0.6) is 0 Å². The Bertz CT molecular complexity index is 733. The van der Waals surface area contributed by atoms with E-state index in [2.05, 4.69) is 32.3 Å². The average Bonchev–Trinajstić information content (AvgIpc) is 2.98. The third kappa shape index (κ3) is 3.08. The number of H-pyrrole nitrogens is 1. The molecule has 7 nitrogen and oxygen atoms in total. The minimum absolute atomic E-state index is 0.127. The molecule has 1 aliphatic heterocycles. The van der Waals surface area contributed by atoms with E-state index in [0.29, 0.717) is 17.5 Å². The molecule has 1 amide bonds. The molecule has 0 unspecified atom stereocenters. The summed E-state index contributed by atoms with van der Waals surface area (Å²) in [6, 6.07) is 1.92. The highest BCUT2D eigenvalue weighted by Gasteiger charge is 2.33. The molecule has 7 heteroatoms. The minimum Gasteiger partial charge on any atom is -0.360 e. The molecule has 0 aromatic carbocycles. The summed E-state index contributed by atoms with van der Waals surface area (Å²) in [4.78, 5) is 22.2. The normalized spacial score (nSPS) is 24.4. The largest absolute Gasteiger partial charge is 0.360 e. The predicted octanol–water partition coefficient (Wildman–Crippen LogP) is 1.83. The molecule has 3 heterocycles. The Morgan fingerprint density at radius 2 is 2.29 bits per heavy atom. The number of nitrogens with one attached hydrogen (secondary N) is 2. The second-order valence-electron chi connectivity index (χ2n) is 7.11. The van der Waals surface area contributed by atoms with Crippen LogP contribution in [0.25, 0.3) is 0 Å². The molecule has 2 N–H and O–H groups in total. The maximum atomic E-state index is 12.4. The maximum Gasteiger partial charge on any atom is 0.273 e. The van der Waals surface area contributed by atoms with E-state index in [1.54, 1.807) is 12.4 Å². The van der Waals surface area contributed by atoms with Gasteiger partial charge in [-0.3, -0.25) is 9.69 Å². The van der Waals surface area contributed by atoms with Gasteiger partial charge in [0.15, 0.2) is 5.69 Å². The fourth-order valence-electron chi connectivity index (χ4n) is 3.36. The highest BCUT2D eigenvalue weighted by Crippen LogP contribution is 2.40. The molecule has 2 aromatic heterocycles. The number of imidazole rings is 1. The lowest BCUT2D eigenvalue weighted by Gasteiger charge is -2.16. The highest BCUT2D eigenvalue weighted by molar-refractivity contribution is 5.92. The van der Waals surface area contributed by atoms with Gasteiger partial charge in [0.25, 0.3) is 5.91 Å².